The molecule has 0 N–H and O–H groups in total. The van der Waals surface area contributed by atoms with Gasteiger partial charge in [-0.15, -0.1) is 0 Å². The first kappa shape index (κ1) is 12.5. The second-order valence-corrected chi connectivity index (χ2v) is 5.67. The molecule has 15 heavy (non-hydrogen) atoms. The van der Waals surface area contributed by atoms with Gasteiger partial charge in [0.1, 0.15) is 0 Å². The van der Waals surface area contributed by atoms with Crippen LogP contribution < -0.4 is 0 Å². The van der Waals surface area contributed by atoms with E-state index in [-0.39, 0.29) is 5.92 Å². The molecule has 1 saturated carbocycles. The van der Waals surface area contributed by atoms with Crippen molar-refractivity contribution in [2.75, 3.05) is 14.1 Å². The third-order valence-corrected chi connectivity index (χ3v) is 3.78. The summed E-state index contributed by atoms with van der Waals surface area (Å²) in [5.41, 5.74) is 0. The molecule has 1 amide bonds. The number of carbonyl (C=O) groups is 1. The second kappa shape index (κ2) is 5.00. The average Bonchev–Trinajstić information content (AvgIpc) is 2.15. The summed E-state index contributed by atoms with van der Waals surface area (Å²) in [5.74, 6) is 2.54. The molecule has 0 radical (unpaired) electrons. The van der Waals surface area contributed by atoms with E-state index in [9.17, 15) is 4.79 Å². The molecule has 1 rings (SSSR count). The Labute approximate surface area is 94.0 Å². The van der Waals surface area contributed by atoms with E-state index in [2.05, 4.69) is 20.8 Å². The third-order valence-electron chi connectivity index (χ3n) is 3.78. The second-order valence-electron chi connectivity index (χ2n) is 5.67. The number of amides is 1. The van der Waals surface area contributed by atoms with Gasteiger partial charge in [0, 0.05) is 20.0 Å². The number of carbonyl (C=O) groups excluding carboxylic acids is 1. The lowest BCUT2D eigenvalue weighted by molar-refractivity contribution is -0.137. The maximum atomic E-state index is 12.1. The summed E-state index contributed by atoms with van der Waals surface area (Å²) >= 11 is 0. The van der Waals surface area contributed by atoms with E-state index in [1.165, 1.54) is 12.8 Å². The standard InChI is InChI=1S/C13H25NO/c1-9(2)11-7-6-10(3)8-12(11)13(15)14(4)5/h9-12H,6-8H2,1-5H3/t10-,11+,12-/m1/s1. The van der Waals surface area contributed by atoms with Crippen LogP contribution in [0, 0.1) is 23.7 Å². The van der Waals surface area contributed by atoms with Crippen molar-refractivity contribution in [3.05, 3.63) is 0 Å². The number of rotatable bonds is 2. The molecule has 0 bridgehead atoms. The van der Waals surface area contributed by atoms with Crippen molar-refractivity contribution in [1.82, 2.24) is 4.90 Å². The van der Waals surface area contributed by atoms with Gasteiger partial charge in [-0.05, 0) is 30.6 Å². The lowest BCUT2D eigenvalue weighted by Gasteiger charge is -2.37. The van der Waals surface area contributed by atoms with Crippen molar-refractivity contribution in [2.45, 2.75) is 40.0 Å². The maximum Gasteiger partial charge on any atom is 0.225 e. The van der Waals surface area contributed by atoms with Crippen LogP contribution in [-0.4, -0.2) is 24.9 Å². The predicted octanol–water partition coefficient (Wildman–Crippen LogP) is 2.78. The normalized spacial score (nSPS) is 31.7. The Morgan fingerprint density at radius 2 is 1.87 bits per heavy atom. The minimum atomic E-state index is 0.267. The summed E-state index contributed by atoms with van der Waals surface area (Å²) in [6.45, 7) is 6.76. The molecule has 0 aromatic carbocycles. The van der Waals surface area contributed by atoms with E-state index in [1.54, 1.807) is 4.90 Å². The van der Waals surface area contributed by atoms with Crippen molar-refractivity contribution in [3.63, 3.8) is 0 Å². The van der Waals surface area contributed by atoms with Gasteiger partial charge in [0.2, 0.25) is 5.91 Å². The largest absolute Gasteiger partial charge is 0.349 e. The van der Waals surface area contributed by atoms with E-state index < -0.39 is 0 Å². The summed E-state index contributed by atoms with van der Waals surface area (Å²) in [7, 11) is 3.75. The fourth-order valence-electron chi connectivity index (χ4n) is 2.82. The lowest BCUT2D eigenvalue weighted by Crippen LogP contribution is -2.39. The minimum absolute atomic E-state index is 0.267. The first-order valence-electron chi connectivity index (χ1n) is 6.14. The Morgan fingerprint density at radius 1 is 1.27 bits per heavy atom. The quantitative estimate of drug-likeness (QED) is 0.688. The molecule has 1 aliphatic rings. The molecule has 2 heteroatoms. The highest BCUT2D eigenvalue weighted by Crippen LogP contribution is 2.38. The molecule has 88 valence electrons. The monoisotopic (exact) mass is 211 g/mol. The molecule has 1 fully saturated rings. The molecule has 1 aliphatic carbocycles. The first-order chi connectivity index (χ1) is 6.93. The van der Waals surface area contributed by atoms with Crippen molar-refractivity contribution < 1.29 is 4.79 Å². The Kier molecular flexibility index (Phi) is 4.18. The molecule has 0 heterocycles. The van der Waals surface area contributed by atoms with Crippen molar-refractivity contribution in [1.29, 1.82) is 0 Å². The molecule has 0 aromatic heterocycles. The highest BCUT2D eigenvalue weighted by Gasteiger charge is 2.35. The van der Waals surface area contributed by atoms with Crippen LogP contribution in [0.3, 0.4) is 0 Å². The van der Waals surface area contributed by atoms with Gasteiger partial charge < -0.3 is 4.90 Å². The fraction of sp³-hybridized carbons (Fsp3) is 0.923. The van der Waals surface area contributed by atoms with Gasteiger partial charge in [0.15, 0.2) is 0 Å². The van der Waals surface area contributed by atoms with Crippen LogP contribution in [0.15, 0.2) is 0 Å². The molecular weight excluding hydrogens is 186 g/mol. The Morgan fingerprint density at radius 3 is 2.33 bits per heavy atom. The molecule has 0 unspecified atom stereocenters. The van der Waals surface area contributed by atoms with E-state index in [0.717, 1.165) is 6.42 Å². The van der Waals surface area contributed by atoms with Gasteiger partial charge in [-0.1, -0.05) is 27.2 Å². The Bertz CT molecular complexity index is 223. The highest BCUT2D eigenvalue weighted by atomic mass is 16.2. The van der Waals surface area contributed by atoms with E-state index in [1.807, 2.05) is 14.1 Å². The van der Waals surface area contributed by atoms with Crippen LogP contribution >= 0.6 is 0 Å². The zero-order valence-electron chi connectivity index (χ0n) is 10.8. The van der Waals surface area contributed by atoms with Crippen molar-refractivity contribution in [3.8, 4) is 0 Å². The Hall–Kier alpha value is -0.530. The smallest absolute Gasteiger partial charge is 0.225 e. The van der Waals surface area contributed by atoms with Crippen LogP contribution in [0.4, 0.5) is 0 Å². The third kappa shape index (κ3) is 2.96. The average molecular weight is 211 g/mol. The molecule has 0 saturated heterocycles. The predicted molar refractivity (Wildman–Crippen MR) is 63.5 cm³/mol. The molecule has 0 aromatic rings. The summed E-state index contributed by atoms with van der Waals surface area (Å²) in [5, 5.41) is 0. The van der Waals surface area contributed by atoms with Gasteiger partial charge in [0.05, 0.1) is 0 Å². The Balaban J connectivity index is 2.74. The van der Waals surface area contributed by atoms with Crippen LogP contribution in [0.5, 0.6) is 0 Å². The van der Waals surface area contributed by atoms with Gasteiger partial charge in [-0.3, -0.25) is 4.79 Å². The molecule has 3 atom stereocenters. The molecule has 0 aliphatic heterocycles. The van der Waals surface area contributed by atoms with E-state index >= 15 is 0 Å². The lowest BCUT2D eigenvalue weighted by atomic mass is 9.69. The molecule has 2 nitrogen and oxygen atoms in total. The SMILES string of the molecule is CC(C)[C@@H]1CC[C@@H](C)C[C@H]1C(=O)N(C)C. The zero-order valence-corrected chi connectivity index (χ0v) is 10.8. The van der Waals surface area contributed by atoms with Crippen LogP contribution in [0.1, 0.15) is 40.0 Å². The molecule has 0 spiro atoms. The highest BCUT2D eigenvalue weighted by molar-refractivity contribution is 5.78. The topological polar surface area (TPSA) is 20.3 Å². The number of hydrogen-bond donors (Lipinski definition) is 0. The first-order valence-corrected chi connectivity index (χ1v) is 6.14. The van der Waals surface area contributed by atoms with Crippen LogP contribution in [0.25, 0.3) is 0 Å². The fourth-order valence-corrected chi connectivity index (χ4v) is 2.82. The zero-order chi connectivity index (χ0) is 11.6. The van der Waals surface area contributed by atoms with Crippen LogP contribution in [0.2, 0.25) is 0 Å². The minimum Gasteiger partial charge on any atom is -0.349 e. The maximum absolute atomic E-state index is 12.1. The summed E-state index contributed by atoms with van der Waals surface area (Å²) in [4.78, 5) is 13.8. The van der Waals surface area contributed by atoms with Crippen molar-refractivity contribution >= 4 is 5.91 Å². The molecular formula is C13H25NO. The van der Waals surface area contributed by atoms with Gasteiger partial charge in [-0.25, -0.2) is 0 Å². The van der Waals surface area contributed by atoms with Crippen molar-refractivity contribution in [2.24, 2.45) is 23.7 Å². The van der Waals surface area contributed by atoms with Crippen LogP contribution in [-0.2, 0) is 4.79 Å². The summed E-state index contributed by atoms with van der Waals surface area (Å²) < 4.78 is 0. The van der Waals surface area contributed by atoms with Gasteiger partial charge in [-0.2, -0.15) is 0 Å². The van der Waals surface area contributed by atoms with Gasteiger partial charge >= 0.3 is 0 Å². The van der Waals surface area contributed by atoms with E-state index in [0.29, 0.717) is 23.7 Å². The number of nitrogens with zero attached hydrogens (tertiary/aromatic N) is 1. The van der Waals surface area contributed by atoms with Gasteiger partial charge in [0.25, 0.3) is 0 Å². The summed E-state index contributed by atoms with van der Waals surface area (Å²) in [6, 6.07) is 0. The number of hydrogen-bond acceptors (Lipinski definition) is 1. The summed E-state index contributed by atoms with van der Waals surface area (Å²) in [6.07, 6.45) is 3.60. The van der Waals surface area contributed by atoms with E-state index in [4.69, 9.17) is 0 Å².